The molecule has 2 rings (SSSR count). The lowest BCUT2D eigenvalue weighted by Gasteiger charge is -2.19. The van der Waals surface area contributed by atoms with Crippen molar-refractivity contribution in [2.24, 2.45) is 0 Å². The highest BCUT2D eigenvalue weighted by atomic mass is 19.4. The molecule has 2 amide bonds. The summed E-state index contributed by atoms with van der Waals surface area (Å²) in [5.41, 5.74) is -0.753. The Morgan fingerprint density at radius 2 is 1.76 bits per heavy atom. The number of pyridine rings is 1. The maximum Gasteiger partial charge on any atom is 0.491 e. The Labute approximate surface area is 207 Å². The van der Waals surface area contributed by atoms with Gasteiger partial charge in [0.1, 0.15) is 5.82 Å². The molecule has 1 unspecified atom stereocenters. The van der Waals surface area contributed by atoms with Gasteiger partial charge in [0.25, 0.3) is 5.69 Å². The monoisotopic (exact) mass is 525 g/mol. The van der Waals surface area contributed by atoms with E-state index in [1.54, 1.807) is 24.4 Å². The van der Waals surface area contributed by atoms with E-state index in [2.05, 4.69) is 25.7 Å². The molecule has 0 bridgehead atoms. The molecule has 1 heterocycles. The maximum atomic E-state index is 12.4. The van der Waals surface area contributed by atoms with Gasteiger partial charge in [0.05, 0.1) is 29.5 Å². The van der Waals surface area contributed by atoms with Gasteiger partial charge < -0.3 is 20.7 Å². The molecule has 37 heavy (non-hydrogen) atoms. The predicted molar refractivity (Wildman–Crippen MR) is 121 cm³/mol. The number of aromatic nitrogens is 1. The summed E-state index contributed by atoms with van der Waals surface area (Å²) >= 11 is 0. The van der Waals surface area contributed by atoms with Crippen molar-refractivity contribution in [3.05, 3.63) is 64.3 Å². The second kappa shape index (κ2) is 13.5. The minimum absolute atomic E-state index is 0.0482. The maximum absolute atomic E-state index is 12.4. The van der Waals surface area contributed by atoms with E-state index in [-0.39, 0.29) is 12.0 Å². The van der Waals surface area contributed by atoms with E-state index in [9.17, 15) is 42.5 Å². The van der Waals surface area contributed by atoms with E-state index in [1.165, 1.54) is 18.2 Å². The fourth-order valence-electron chi connectivity index (χ4n) is 3.00. The zero-order valence-corrected chi connectivity index (χ0v) is 19.1. The van der Waals surface area contributed by atoms with E-state index in [0.29, 0.717) is 18.8 Å². The molecule has 198 valence electrons. The molecule has 0 aliphatic heterocycles. The Kier molecular flexibility index (Phi) is 10.5. The van der Waals surface area contributed by atoms with Crippen molar-refractivity contribution >= 4 is 35.3 Å². The van der Waals surface area contributed by atoms with Crippen molar-refractivity contribution in [2.75, 3.05) is 18.4 Å². The van der Waals surface area contributed by atoms with Crippen molar-refractivity contribution in [3.63, 3.8) is 0 Å². The van der Waals surface area contributed by atoms with Crippen LogP contribution in [0.4, 0.5) is 24.7 Å². The summed E-state index contributed by atoms with van der Waals surface area (Å²) in [4.78, 5) is 61.8. The van der Waals surface area contributed by atoms with E-state index < -0.39 is 59.5 Å². The first-order valence-corrected chi connectivity index (χ1v) is 10.7. The number of hydrogen-bond donors (Lipinski definition) is 3. The highest BCUT2D eigenvalue weighted by Gasteiger charge is 2.42. The Hall–Kier alpha value is -4.56. The van der Waals surface area contributed by atoms with Crippen LogP contribution in [0.1, 0.15) is 30.9 Å². The fourth-order valence-corrected chi connectivity index (χ4v) is 3.00. The number of nitrogens with zero attached hydrogens (tertiary/aromatic N) is 2. The van der Waals surface area contributed by atoms with Gasteiger partial charge in [0.15, 0.2) is 0 Å². The van der Waals surface area contributed by atoms with Gasteiger partial charge in [0, 0.05) is 25.2 Å². The van der Waals surface area contributed by atoms with E-state index in [1.807, 2.05) is 0 Å². The van der Waals surface area contributed by atoms with E-state index in [0.717, 1.165) is 6.07 Å². The number of anilines is 1. The van der Waals surface area contributed by atoms with Crippen LogP contribution in [0, 0.1) is 10.1 Å². The Balaban J connectivity index is 1.95. The van der Waals surface area contributed by atoms with Crippen LogP contribution in [0.25, 0.3) is 0 Å². The molecule has 0 spiro atoms. The Morgan fingerprint density at radius 3 is 2.41 bits per heavy atom. The molecule has 0 saturated heterocycles. The van der Waals surface area contributed by atoms with Gasteiger partial charge in [0.2, 0.25) is 11.8 Å². The first-order chi connectivity index (χ1) is 17.5. The van der Waals surface area contributed by atoms with E-state index >= 15 is 0 Å². The zero-order valence-electron chi connectivity index (χ0n) is 19.1. The molecule has 0 radical (unpaired) electrons. The van der Waals surface area contributed by atoms with Gasteiger partial charge in [-0.15, -0.1) is 0 Å². The van der Waals surface area contributed by atoms with Gasteiger partial charge in [-0.3, -0.25) is 24.5 Å². The number of rotatable bonds is 12. The quantitative estimate of drug-likeness (QED) is 0.124. The van der Waals surface area contributed by atoms with Gasteiger partial charge in [-0.2, -0.15) is 13.2 Å². The summed E-state index contributed by atoms with van der Waals surface area (Å²) in [7, 11) is 0. The highest BCUT2D eigenvalue weighted by molar-refractivity contribution is 5.89. The standard InChI is InChI=1S/C22H22F3N5O7/c23-22(24,25)21(34)37-20(33)12-15(14-6-1-2-7-16(14)30(35)36)29-19(32)13-28-18(31)9-5-11-27-17-8-3-4-10-26-17/h1-4,6-8,10,15H,5,9,11-13H2,(H,26,27)(H,28,31)(H,29,32). The van der Waals surface area contributed by atoms with Crippen molar-refractivity contribution in [1.29, 1.82) is 0 Å². The third-order valence-electron chi connectivity index (χ3n) is 4.65. The van der Waals surface area contributed by atoms with Gasteiger partial charge >= 0.3 is 18.1 Å². The number of nitro benzene ring substituents is 1. The number of halogens is 3. The van der Waals surface area contributed by atoms with Crippen molar-refractivity contribution < 1.29 is 42.0 Å². The van der Waals surface area contributed by atoms with Gasteiger partial charge in [-0.05, 0) is 18.6 Å². The topological polar surface area (TPSA) is 170 Å². The van der Waals surface area contributed by atoms with Crippen LogP contribution < -0.4 is 16.0 Å². The van der Waals surface area contributed by atoms with Crippen LogP contribution in [-0.2, 0) is 23.9 Å². The summed E-state index contributed by atoms with van der Waals surface area (Å²) in [6, 6.07) is 8.62. The number of ether oxygens (including phenoxy) is 1. The second-order valence-corrected chi connectivity index (χ2v) is 7.42. The van der Waals surface area contributed by atoms with Crippen LogP contribution in [-0.4, -0.2) is 52.9 Å². The predicted octanol–water partition coefficient (Wildman–Crippen LogP) is 2.18. The third kappa shape index (κ3) is 9.91. The molecule has 15 heteroatoms. The minimum Gasteiger partial charge on any atom is -0.386 e. The summed E-state index contributed by atoms with van der Waals surface area (Å²) in [6.45, 7) is -0.157. The van der Waals surface area contributed by atoms with Crippen molar-refractivity contribution in [1.82, 2.24) is 15.6 Å². The molecular formula is C22H22F3N5O7. The highest BCUT2D eigenvalue weighted by Crippen LogP contribution is 2.28. The summed E-state index contributed by atoms with van der Waals surface area (Å²) in [6.07, 6.45) is -4.41. The molecule has 1 aromatic heterocycles. The average molecular weight is 525 g/mol. The van der Waals surface area contributed by atoms with Crippen LogP contribution in [0.3, 0.4) is 0 Å². The Morgan fingerprint density at radius 1 is 1.05 bits per heavy atom. The van der Waals surface area contributed by atoms with Crippen LogP contribution in [0.5, 0.6) is 0 Å². The number of esters is 2. The van der Waals surface area contributed by atoms with Crippen molar-refractivity contribution in [2.45, 2.75) is 31.5 Å². The van der Waals surface area contributed by atoms with Crippen LogP contribution in [0.2, 0.25) is 0 Å². The Bertz CT molecular complexity index is 1130. The fraction of sp³-hybridized carbons (Fsp3) is 0.318. The molecule has 0 saturated carbocycles. The minimum atomic E-state index is -5.44. The SMILES string of the molecule is O=C(CCCNc1ccccn1)NCC(=O)NC(CC(=O)OC(=O)C(F)(F)F)c1ccccc1[N+](=O)[O-]. The number of benzene rings is 1. The van der Waals surface area contributed by atoms with Gasteiger partial charge in [-0.1, -0.05) is 24.3 Å². The molecule has 12 nitrogen and oxygen atoms in total. The third-order valence-corrected chi connectivity index (χ3v) is 4.65. The summed E-state index contributed by atoms with van der Waals surface area (Å²) in [5.74, 6) is -5.20. The normalized spacial score (nSPS) is 11.6. The lowest BCUT2D eigenvalue weighted by molar-refractivity contribution is -0.385. The molecule has 0 aliphatic rings. The molecule has 0 aliphatic carbocycles. The zero-order chi connectivity index (χ0) is 27.4. The smallest absolute Gasteiger partial charge is 0.386 e. The number of para-hydroxylation sites is 1. The second-order valence-electron chi connectivity index (χ2n) is 7.42. The number of alkyl halides is 3. The van der Waals surface area contributed by atoms with E-state index in [4.69, 9.17) is 0 Å². The largest absolute Gasteiger partial charge is 0.491 e. The number of nitro groups is 1. The molecular weight excluding hydrogens is 503 g/mol. The number of hydrogen-bond acceptors (Lipinski definition) is 9. The molecule has 0 fully saturated rings. The average Bonchev–Trinajstić information content (AvgIpc) is 2.85. The number of amides is 2. The first-order valence-electron chi connectivity index (χ1n) is 10.7. The lowest BCUT2D eigenvalue weighted by atomic mass is 10.0. The van der Waals surface area contributed by atoms with Gasteiger partial charge in [-0.25, -0.2) is 9.78 Å². The number of carbonyl (C=O) groups excluding carboxylic acids is 4. The molecule has 1 aromatic carbocycles. The van der Waals surface area contributed by atoms with Crippen LogP contribution in [0.15, 0.2) is 48.7 Å². The summed E-state index contributed by atoms with van der Waals surface area (Å²) in [5, 5.41) is 18.9. The summed E-state index contributed by atoms with van der Waals surface area (Å²) < 4.78 is 40.9. The molecule has 3 N–H and O–H groups in total. The first kappa shape index (κ1) is 28.7. The number of nitrogens with one attached hydrogen (secondary N) is 3. The lowest BCUT2D eigenvalue weighted by Crippen LogP contribution is -2.40. The van der Waals surface area contributed by atoms with Crippen LogP contribution >= 0.6 is 0 Å². The number of carbonyl (C=O) groups is 4. The molecule has 1 atom stereocenters. The van der Waals surface area contributed by atoms with Crippen molar-refractivity contribution in [3.8, 4) is 0 Å². The molecule has 2 aromatic rings.